The number of carbonyl (C=O) groups is 3. The summed E-state index contributed by atoms with van der Waals surface area (Å²) in [5.41, 5.74) is -2.59. The summed E-state index contributed by atoms with van der Waals surface area (Å²) >= 11 is 0.729. The van der Waals surface area contributed by atoms with Crippen LogP contribution < -0.4 is 0 Å². The van der Waals surface area contributed by atoms with Gasteiger partial charge in [-0.05, 0) is 31.1 Å². The van der Waals surface area contributed by atoms with Gasteiger partial charge < -0.3 is 14.2 Å². The van der Waals surface area contributed by atoms with Gasteiger partial charge in [-0.15, -0.1) is 23.5 Å². The molecular formula is C22H18F16O9S3. The molecule has 3 fully saturated rings. The third-order valence-corrected chi connectivity index (χ3v) is 13.0. The number of hydrogen-bond acceptors (Lipinski definition) is 10. The molecule has 0 aromatic rings. The minimum absolute atomic E-state index is 0.0316. The lowest BCUT2D eigenvalue weighted by atomic mass is 9.94. The Hall–Kier alpha value is -2.10. The van der Waals surface area contributed by atoms with Gasteiger partial charge in [-0.1, -0.05) is 0 Å². The van der Waals surface area contributed by atoms with Gasteiger partial charge in [0.25, 0.3) is 0 Å². The van der Waals surface area contributed by atoms with Crippen molar-refractivity contribution in [2.75, 3.05) is 24.7 Å². The second kappa shape index (κ2) is 12.8. The number of thioether (sulfide) groups is 2. The summed E-state index contributed by atoms with van der Waals surface area (Å²) < 4.78 is 253. The van der Waals surface area contributed by atoms with E-state index in [-0.39, 0.29) is 19.3 Å². The number of hydrogen-bond donors (Lipinski definition) is 1. The zero-order valence-electron chi connectivity index (χ0n) is 23.7. The summed E-state index contributed by atoms with van der Waals surface area (Å²) in [5.74, 6) is -41.2. The highest BCUT2D eigenvalue weighted by Gasteiger charge is 2.78. The Bertz CT molecular complexity index is 1400. The second-order valence-corrected chi connectivity index (χ2v) is 15.6. The average molecular weight is 827 g/mol. The van der Waals surface area contributed by atoms with E-state index in [1.807, 2.05) is 0 Å². The van der Waals surface area contributed by atoms with Crippen molar-refractivity contribution in [2.45, 2.75) is 70.7 Å². The highest BCUT2D eigenvalue weighted by molar-refractivity contribution is 8.19. The lowest BCUT2D eigenvalue weighted by molar-refractivity contribution is -0.349. The number of carbonyl (C=O) groups excluding carboxylic acids is 3. The van der Waals surface area contributed by atoms with Gasteiger partial charge in [0.1, 0.15) is 23.4 Å². The van der Waals surface area contributed by atoms with E-state index in [0.29, 0.717) is 23.5 Å². The van der Waals surface area contributed by atoms with Crippen LogP contribution in [0.3, 0.4) is 0 Å². The fraction of sp³-hybridized carbons (Fsp3) is 0.864. The maximum Gasteiger partial charge on any atom is 0.465 e. The van der Waals surface area contributed by atoms with E-state index in [1.54, 1.807) is 0 Å². The summed E-state index contributed by atoms with van der Waals surface area (Å²) in [7, 11) is -6.40. The zero-order chi connectivity index (χ0) is 38.9. The van der Waals surface area contributed by atoms with Crippen molar-refractivity contribution in [3.63, 3.8) is 0 Å². The first-order chi connectivity index (χ1) is 22.1. The quantitative estimate of drug-likeness (QED) is 0.119. The molecule has 2 aliphatic carbocycles. The van der Waals surface area contributed by atoms with Crippen LogP contribution in [0.4, 0.5) is 70.2 Å². The predicted octanol–water partition coefficient (Wildman–Crippen LogP) is 5.72. The van der Waals surface area contributed by atoms with Crippen molar-refractivity contribution in [2.24, 2.45) is 17.3 Å². The van der Waals surface area contributed by atoms with Crippen LogP contribution in [0.15, 0.2) is 0 Å². The molecule has 1 aliphatic heterocycles. The van der Waals surface area contributed by atoms with E-state index in [9.17, 15) is 93.0 Å². The first-order valence-electron chi connectivity index (χ1n) is 13.0. The molecule has 9 nitrogen and oxygen atoms in total. The van der Waals surface area contributed by atoms with Crippen LogP contribution in [0.5, 0.6) is 0 Å². The normalized spacial score (nSPS) is 24.6. The van der Waals surface area contributed by atoms with E-state index in [2.05, 4.69) is 9.47 Å². The van der Waals surface area contributed by atoms with Crippen LogP contribution in [0.1, 0.15) is 19.3 Å². The lowest BCUT2D eigenvalue weighted by Crippen LogP contribution is -2.58. The Labute approximate surface area is 276 Å². The molecule has 3 rings (SSSR count). The number of esters is 3. The van der Waals surface area contributed by atoms with Crippen molar-refractivity contribution < 1.29 is 112 Å². The zero-order valence-corrected chi connectivity index (χ0v) is 26.1. The SMILES string of the molecule is O=C(OCC1(COC(=O)C(F)(F)C(F)(F)C(F)(F)F)CSC2(SC1)C1CCC(C1)C2OC(=O)C(F)(F)S(=O)(=O)O)C(F)(F)C(F)(F)C(F)(F)F. The Balaban J connectivity index is 1.93. The van der Waals surface area contributed by atoms with Crippen molar-refractivity contribution in [3.05, 3.63) is 0 Å². The van der Waals surface area contributed by atoms with E-state index in [1.165, 1.54) is 0 Å². The molecule has 2 saturated carbocycles. The second-order valence-electron chi connectivity index (χ2n) is 11.3. The molecule has 1 N–H and O–H groups in total. The Morgan fingerprint density at radius 1 is 0.680 bits per heavy atom. The monoisotopic (exact) mass is 826 g/mol. The lowest BCUT2D eigenvalue weighted by Gasteiger charge is -2.49. The van der Waals surface area contributed by atoms with Gasteiger partial charge in [0.15, 0.2) is 0 Å². The minimum atomic E-state index is -7.09. The predicted molar refractivity (Wildman–Crippen MR) is 131 cm³/mol. The van der Waals surface area contributed by atoms with Crippen molar-refractivity contribution in [1.82, 2.24) is 0 Å². The summed E-state index contributed by atoms with van der Waals surface area (Å²) in [5, 5.41) is -5.53. The molecule has 28 heteroatoms. The minimum Gasteiger partial charge on any atom is -0.460 e. The molecule has 50 heavy (non-hydrogen) atoms. The largest absolute Gasteiger partial charge is 0.465 e. The third kappa shape index (κ3) is 6.89. The summed E-state index contributed by atoms with van der Waals surface area (Å²) in [6, 6.07) is 0. The Morgan fingerprint density at radius 3 is 1.44 bits per heavy atom. The molecule has 3 atom stereocenters. The van der Waals surface area contributed by atoms with E-state index in [4.69, 9.17) is 9.29 Å². The fourth-order valence-corrected chi connectivity index (χ4v) is 9.52. The van der Waals surface area contributed by atoms with E-state index in [0.717, 1.165) is 0 Å². The van der Waals surface area contributed by atoms with Gasteiger partial charge in [0, 0.05) is 11.5 Å². The van der Waals surface area contributed by atoms with Crippen molar-refractivity contribution >= 4 is 51.5 Å². The van der Waals surface area contributed by atoms with Crippen LogP contribution >= 0.6 is 23.5 Å². The summed E-state index contributed by atoms with van der Waals surface area (Å²) in [4.78, 5) is 35.6. The number of fused-ring (bicyclic) bond motifs is 3. The molecule has 290 valence electrons. The van der Waals surface area contributed by atoms with E-state index >= 15 is 0 Å². The Kier molecular flexibility index (Phi) is 10.8. The average Bonchev–Trinajstić information content (AvgIpc) is 3.55. The van der Waals surface area contributed by atoms with Crippen LogP contribution in [0, 0.1) is 17.3 Å². The molecule has 0 aromatic heterocycles. The van der Waals surface area contributed by atoms with Gasteiger partial charge >= 0.3 is 69.3 Å². The number of halogens is 16. The molecule has 3 unspecified atom stereocenters. The van der Waals surface area contributed by atoms with Crippen LogP contribution in [0.2, 0.25) is 0 Å². The number of ether oxygens (including phenoxy) is 3. The highest BCUT2D eigenvalue weighted by atomic mass is 32.2. The summed E-state index contributed by atoms with van der Waals surface area (Å²) in [6.07, 6.45) is -15.5. The molecule has 1 spiro atoms. The molecular weight excluding hydrogens is 808 g/mol. The van der Waals surface area contributed by atoms with Gasteiger partial charge in [-0.25, -0.2) is 14.4 Å². The first kappa shape index (κ1) is 42.3. The topological polar surface area (TPSA) is 133 Å². The Morgan fingerprint density at radius 2 is 1.08 bits per heavy atom. The van der Waals surface area contributed by atoms with Gasteiger partial charge in [0.05, 0.1) is 5.41 Å². The van der Waals surface area contributed by atoms with Crippen LogP contribution in [-0.2, 0) is 38.7 Å². The molecule has 3 aliphatic rings. The van der Waals surface area contributed by atoms with Gasteiger partial charge in [-0.3, -0.25) is 4.55 Å². The molecule has 0 aromatic carbocycles. The van der Waals surface area contributed by atoms with Crippen molar-refractivity contribution in [1.29, 1.82) is 0 Å². The van der Waals surface area contributed by atoms with Crippen LogP contribution in [-0.4, -0.2) is 107 Å². The van der Waals surface area contributed by atoms with Crippen molar-refractivity contribution in [3.8, 4) is 0 Å². The molecule has 1 heterocycles. The number of alkyl halides is 16. The van der Waals surface area contributed by atoms with Crippen LogP contribution in [0.25, 0.3) is 0 Å². The standard InChI is InChI=1S/C22H18F16O9S3/c23-16(24,19(29,30)21(33,34)35)11(39)45-4-14(5-46-12(40)17(25,26)20(31,32)22(36,37)38)6-48-15(49-7-14)9-2-1-8(3-9)10(15)47-13(41)18(27,28)50(42,43)44/h8-10H,1-7H2,(H,42,43,44). The maximum atomic E-state index is 14.0. The molecule has 1 saturated heterocycles. The highest BCUT2D eigenvalue weighted by Crippen LogP contribution is 2.66. The van der Waals surface area contributed by atoms with Gasteiger partial charge in [-0.2, -0.15) is 78.7 Å². The molecule has 2 bridgehead atoms. The first-order valence-corrected chi connectivity index (χ1v) is 16.4. The maximum absolute atomic E-state index is 14.0. The number of rotatable bonds is 11. The fourth-order valence-electron chi connectivity index (χ4n) is 5.14. The van der Waals surface area contributed by atoms with E-state index < -0.39 is 121 Å². The smallest absolute Gasteiger partial charge is 0.460 e. The third-order valence-electron chi connectivity index (χ3n) is 7.90. The van der Waals surface area contributed by atoms with Gasteiger partial charge in [0.2, 0.25) is 0 Å². The molecule has 0 amide bonds. The summed E-state index contributed by atoms with van der Waals surface area (Å²) in [6.45, 7) is -3.81. The molecule has 0 radical (unpaired) electrons.